The summed E-state index contributed by atoms with van der Waals surface area (Å²) in [6, 6.07) is 9.45. The number of aliphatic carboxylic acids is 1. The first-order valence-electron chi connectivity index (χ1n) is 7.13. The minimum absolute atomic E-state index is 0.0160. The Morgan fingerprint density at radius 3 is 2.64 bits per heavy atom. The summed E-state index contributed by atoms with van der Waals surface area (Å²) in [7, 11) is 0. The molecule has 0 aliphatic rings. The highest BCUT2D eigenvalue weighted by Gasteiger charge is 2.17. The van der Waals surface area contributed by atoms with Crippen LogP contribution in [0.5, 0.6) is 0 Å². The van der Waals surface area contributed by atoms with Crippen molar-refractivity contribution in [3.8, 4) is 0 Å². The zero-order chi connectivity index (χ0) is 15.9. The molecule has 0 aliphatic heterocycles. The van der Waals surface area contributed by atoms with E-state index >= 15 is 0 Å². The normalized spacial score (nSPS) is 11.9. The largest absolute Gasteiger partial charge is 0.481 e. The van der Waals surface area contributed by atoms with Crippen molar-refractivity contribution in [3.63, 3.8) is 0 Å². The molecule has 22 heavy (non-hydrogen) atoms. The lowest BCUT2D eigenvalue weighted by Gasteiger charge is -2.18. The van der Waals surface area contributed by atoms with Crippen molar-refractivity contribution in [1.82, 2.24) is 15.5 Å². The van der Waals surface area contributed by atoms with E-state index < -0.39 is 5.97 Å². The van der Waals surface area contributed by atoms with Crippen LogP contribution in [0.2, 0.25) is 0 Å². The number of H-pyrrole nitrogens is 1. The number of aromatic nitrogens is 2. The number of hydrogen-bond donors (Lipinski definition) is 3. The first-order chi connectivity index (χ1) is 10.6. The van der Waals surface area contributed by atoms with E-state index in [-0.39, 0.29) is 18.4 Å². The molecule has 0 spiro atoms. The van der Waals surface area contributed by atoms with Crippen molar-refractivity contribution in [1.29, 1.82) is 0 Å². The molecule has 0 bridgehead atoms. The summed E-state index contributed by atoms with van der Waals surface area (Å²) in [5.74, 6) is -1.11. The lowest BCUT2D eigenvalue weighted by molar-refractivity contribution is -0.137. The van der Waals surface area contributed by atoms with Crippen LogP contribution in [0.4, 0.5) is 0 Å². The second-order valence-corrected chi connectivity index (χ2v) is 5.20. The van der Waals surface area contributed by atoms with Crippen LogP contribution in [0.15, 0.2) is 36.5 Å². The Morgan fingerprint density at radius 2 is 2.05 bits per heavy atom. The molecule has 0 aliphatic carbocycles. The van der Waals surface area contributed by atoms with Crippen molar-refractivity contribution in [2.24, 2.45) is 0 Å². The van der Waals surface area contributed by atoms with Gasteiger partial charge in [-0.05, 0) is 25.3 Å². The molecule has 2 aromatic rings. The van der Waals surface area contributed by atoms with Gasteiger partial charge >= 0.3 is 5.97 Å². The topological polar surface area (TPSA) is 95.1 Å². The molecule has 1 aromatic carbocycles. The maximum atomic E-state index is 12.3. The molecule has 6 nitrogen and oxygen atoms in total. The van der Waals surface area contributed by atoms with Gasteiger partial charge in [0.15, 0.2) is 0 Å². The fourth-order valence-electron chi connectivity index (χ4n) is 2.26. The fraction of sp³-hybridized carbons (Fsp3) is 0.312. The van der Waals surface area contributed by atoms with E-state index in [1.165, 1.54) is 6.20 Å². The third-order valence-electron chi connectivity index (χ3n) is 3.44. The third-order valence-corrected chi connectivity index (χ3v) is 3.44. The van der Waals surface area contributed by atoms with Crippen LogP contribution in [0.1, 0.15) is 34.5 Å². The first kappa shape index (κ1) is 15.8. The maximum absolute atomic E-state index is 12.3. The Balaban J connectivity index is 2.05. The Kier molecular flexibility index (Phi) is 5.30. The Labute approximate surface area is 128 Å². The van der Waals surface area contributed by atoms with E-state index in [4.69, 9.17) is 5.11 Å². The maximum Gasteiger partial charge on any atom is 0.303 e. The zero-order valence-electron chi connectivity index (χ0n) is 12.4. The van der Waals surface area contributed by atoms with E-state index in [1.807, 2.05) is 30.3 Å². The molecule has 0 fully saturated rings. The minimum atomic E-state index is -0.869. The van der Waals surface area contributed by atoms with E-state index in [2.05, 4.69) is 15.5 Å². The number of aromatic amines is 1. The predicted octanol–water partition coefficient (Wildman–Crippen LogP) is 1.92. The molecule has 1 atom stereocenters. The molecular weight excluding hydrogens is 282 g/mol. The van der Waals surface area contributed by atoms with Crippen LogP contribution in [-0.2, 0) is 11.2 Å². The molecular formula is C16H19N3O3. The van der Waals surface area contributed by atoms with Gasteiger partial charge in [-0.3, -0.25) is 14.7 Å². The fourth-order valence-corrected chi connectivity index (χ4v) is 2.26. The number of benzene rings is 1. The van der Waals surface area contributed by atoms with Crippen molar-refractivity contribution in [2.75, 3.05) is 0 Å². The zero-order valence-corrected chi connectivity index (χ0v) is 12.4. The van der Waals surface area contributed by atoms with E-state index in [0.717, 1.165) is 5.56 Å². The molecule has 1 unspecified atom stereocenters. The standard InChI is InChI=1S/C16H19N3O3/c1-11-14(10-17-19-11)16(22)18-13(7-8-15(20)21)9-12-5-3-2-4-6-12/h2-6,10,13H,7-9H2,1H3,(H,17,19)(H,18,22)(H,20,21). The van der Waals surface area contributed by atoms with Crippen LogP contribution in [0, 0.1) is 6.92 Å². The van der Waals surface area contributed by atoms with Crippen molar-refractivity contribution in [3.05, 3.63) is 53.3 Å². The van der Waals surface area contributed by atoms with Crippen molar-refractivity contribution < 1.29 is 14.7 Å². The molecule has 116 valence electrons. The molecule has 0 saturated heterocycles. The van der Waals surface area contributed by atoms with Gasteiger partial charge in [0.1, 0.15) is 0 Å². The lowest BCUT2D eigenvalue weighted by atomic mass is 10.0. The van der Waals surface area contributed by atoms with E-state index in [9.17, 15) is 9.59 Å². The predicted molar refractivity (Wildman–Crippen MR) is 81.6 cm³/mol. The first-order valence-corrected chi connectivity index (χ1v) is 7.13. The van der Waals surface area contributed by atoms with Gasteiger partial charge in [-0.25, -0.2) is 0 Å². The summed E-state index contributed by atoms with van der Waals surface area (Å²) in [4.78, 5) is 23.1. The number of amides is 1. The van der Waals surface area contributed by atoms with Gasteiger partial charge < -0.3 is 10.4 Å². The van der Waals surface area contributed by atoms with Crippen LogP contribution in [-0.4, -0.2) is 33.2 Å². The van der Waals surface area contributed by atoms with Gasteiger partial charge in [0, 0.05) is 18.2 Å². The quantitative estimate of drug-likeness (QED) is 0.728. The highest BCUT2D eigenvalue weighted by atomic mass is 16.4. The molecule has 0 radical (unpaired) electrons. The SMILES string of the molecule is Cc1[nH]ncc1C(=O)NC(CCC(=O)O)Cc1ccccc1. The Hall–Kier alpha value is -2.63. The molecule has 1 aromatic heterocycles. The summed E-state index contributed by atoms with van der Waals surface area (Å²) in [5.41, 5.74) is 2.23. The van der Waals surface area contributed by atoms with Crippen LogP contribution >= 0.6 is 0 Å². The number of hydrogen-bond acceptors (Lipinski definition) is 3. The van der Waals surface area contributed by atoms with Gasteiger partial charge in [-0.1, -0.05) is 30.3 Å². The summed E-state index contributed by atoms with van der Waals surface area (Å²) < 4.78 is 0. The van der Waals surface area contributed by atoms with Crippen LogP contribution < -0.4 is 5.32 Å². The smallest absolute Gasteiger partial charge is 0.303 e. The van der Waals surface area contributed by atoms with Crippen LogP contribution in [0.25, 0.3) is 0 Å². The van der Waals surface area contributed by atoms with Gasteiger partial charge in [0.25, 0.3) is 5.91 Å². The van der Waals surface area contributed by atoms with Crippen molar-refractivity contribution >= 4 is 11.9 Å². The van der Waals surface area contributed by atoms with Crippen LogP contribution in [0.3, 0.4) is 0 Å². The van der Waals surface area contributed by atoms with E-state index in [1.54, 1.807) is 6.92 Å². The van der Waals surface area contributed by atoms with E-state index in [0.29, 0.717) is 24.1 Å². The number of nitrogens with zero attached hydrogens (tertiary/aromatic N) is 1. The molecule has 2 rings (SSSR count). The number of carboxylic acid groups (broad SMARTS) is 1. The van der Waals surface area contributed by atoms with Gasteiger partial charge in [-0.15, -0.1) is 0 Å². The molecule has 1 amide bonds. The minimum Gasteiger partial charge on any atom is -0.481 e. The summed E-state index contributed by atoms with van der Waals surface area (Å²) in [5, 5.41) is 18.3. The number of rotatable bonds is 7. The highest BCUT2D eigenvalue weighted by molar-refractivity contribution is 5.95. The number of carbonyl (C=O) groups is 2. The monoisotopic (exact) mass is 301 g/mol. The Bertz CT molecular complexity index is 637. The van der Waals surface area contributed by atoms with Gasteiger partial charge in [0.05, 0.1) is 11.8 Å². The number of aryl methyl sites for hydroxylation is 1. The lowest BCUT2D eigenvalue weighted by Crippen LogP contribution is -2.37. The third kappa shape index (κ3) is 4.44. The second-order valence-electron chi connectivity index (χ2n) is 5.20. The Morgan fingerprint density at radius 1 is 1.32 bits per heavy atom. The summed E-state index contributed by atoms with van der Waals surface area (Å²) >= 11 is 0. The molecule has 1 heterocycles. The molecule has 0 saturated carbocycles. The van der Waals surface area contributed by atoms with Gasteiger partial charge in [0.2, 0.25) is 0 Å². The van der Waals surface area contributed by atoms with Crippen molar-refractivity contribution in [2.45, 2.75) is 32.2 Å². The average molecular weight is 301 g/mol. The average Bonchev–Trinajstić information content (AvgIpc) is 2.92. The number of carbonyl (C=O) groups excluding carboxylic acids is 1. The molecule has 3 N–H and O–H groups in total. The highest BCUT2D eigenvalue weighted by Crippen LogP contribution is 2.10. The second kappa shape index (κ2) is 7.40. The number of nitrogens with one attached hydrogen (secondary N) is 2. The van der Waals surface area contributed by atoms with Gasteiger partial charge in [-0.2, -0.15) is 5.10 Å². The summed E-state index contributed by atoms with van der Waals surface area (Å²) in [6.45, 7) is 1.77. The summed E-state index contributed by atoms with van der Waals surface area (Å²) in [6.07, 6.45) is 2.47. The molecule has 6 heteroatoms. The number of carboxylic acids is 1.